The molecule has 10 heteroatoms. The highest BCUT2D eigenvalue weighted by atomic mass is 16.5. The first kappa shape index (κ1) is 26.8. The molecular weight excluding hydrogens is 436 g/mol. The van der Waals surface area contributed by atoms with Gasteiger partial charge in [-0.2, -0.15) is 19.8 Å². The molecule has 1 saturated heterocycles. The van der Waals surface area contributed by atoms with Gasteiger partial charge in [-0.15, -0.1) is 0 Å². The number of fused-ring (bicyclic) bond motifs is 2. The number of aliphatic hydroxyl groups excluding tert-OH is 1. The molecule has 0 saturated carbocycles. The zero-order chi connectivity index (χ0) is 25.1. The van der Waals surface area contributed by atoms with Gasteiger partial charge in [-0.05, 0) is 59.1 Å². The van der Waals surface area contributed by atoms with Gasteiger partial charge in [-0.3, -0.25) is 9.97 Å². The van der Waals surface area contributed by atoms with Gasteiger partial charge < -0.3 is 9.84 Å². The number of ether oxygens (including phenoxy) is 1. The first-order chi connectivity index (χ1) is 16.3. The van der Waals surface area contributed by atoms with Crippen LogP contribution in [0.1, 0.15) is 53.9 Å². The number of hydrogen-bond donors (Lipinski definition) is 1. The van der Waals surface area contributed by atoms with Gasteiger partial charge in [-0.25, -0.2) is 9.03 Å². The van der Waals surface area contributed by atoms with E-state index in [0.717, 1.165) is 59.1 Å². The Balaban J connectivity index is 0.000000183. The quantitative estimate of drug-likeness (QED) is 0.476. The van der Waals surface area contributed by atoms with Crippen LogP contribution in [-0.4, -0.2) is 53.7 Å². The lowest BCUT2D eigenvalue weighted by Crippen LogP contribution is -1.95. The van der Waals surface area contributed by atoms with Gasteiger partial charge in [0.2, 0.25) is 0 Å². The van der Waals surface area contributed by atoms with E-state index in [9.17, 15) is 0 Å². The van der Waals surface area contributed by atoms with Gasteiger partial charge in [0.1, 0.15) is 0 Å². The highest BCUT2D eigenvalue weighted by molar-refractivity contribution is 5.52. The van der Waals surface area contributed by atoms with Crippen molar-refractivity contribution in [2.75, 3.05) is 13.2 Å². The van der Waals surface area contributed by atoms with Crippen molar-refractivity contribution in [1.82, 2.24) is 29.2 Å². The van der Waals surface area contributed by atoms with Crippen molar-refractivity contribution in [2.24, 2.45) is 0 Å². The lowest BCUT2D eigenvalue weighted by molar-refractivity contribution is -0.191. The van der Waals surface area contributed by atoms with Crippen LogP contribution in [-0.2, 0) is 27.4 Å². The van der Waals surface area contributed by atoms with Crippen LogP contribution >= 0.6 is 0 Å². The first-order valence-electron chi connectivity index (χ1n) is 11.2. The summed E-state index contributed by atoms with van der Waals surface area (Å²) in [5.41, 5.74) is 7.79. The topological polar surface area (TPSA) is 124 Å². The summed E-state index contributed by atoms with van der Waals surface area (Å²) in [6.45, 7) is 11.9. The highest BCUT2D eigenvalue weighted by Gasteiger charge is 2.05. The number of aromatic nitrogens is 6. The molecule has 0 bridgehead atoms. The second kappa shape index (κ2) is 13.3. The SMILES string of the molecule is C1CCOC1.CCc1cc2c(C)nc(C)cn2n1.Cc1cn2nc(CO)cc2c(C)n1.O=C=O. The predicted octanol–water partition coefficient (Wildman–Crippen LogP) is 2.96. The van der Waals surface area contributed by atoms with Crippen LogP contribution in [0.3, 0.4) is 0 Å². The van der Waals surface area contributed by atoms with Crippen LogP contribution in [0, 0.1) is 27.7 Å². The molecule has 0 unspecified atom stereocenters. The molecule has 0 aromatic carbocycles. The minimum atomic E-state index is -0.0276. The van der Waals surface area contributed by atoms with Gasteiger partial charge in [0.25, 0.3) is 0 Å². The molecule has 1 fully saturated rings. The van der Waals surface area contributed by atoms with E-state index in [0.29, 0.717) is 5.69 Å². The van der Waals surface area contributed by atoms with Crippen LogP contribution in [0.5, 0.6) is 0 Å². The Bertz CT molecular complexity index is 1140. The molecule has 0 aliphatic carbocycles. The van der Waals surface area contributed by atoms with E-state index in [-0.39, 0.29) is 12.8 Å². The molecule has 182 valence electrons. The van der Waals surface area contributed by atoms with Crippen molar-refractivity contribution in [3.05, 3.63) is 58.7 Å². The van der Waals surface area contributed by atoms with Crippen molar-refractivity contribution < 1.29 is 19.4 Å². The van der Waals surface area contributed by atoms with Gasteiger partial charge in [0, 0.05) is 13.2 Å². The average Bonchev–Trinajstić information content (AvgIpc) is 3.55. The zero-order valence-corrected chi connectivity index (χ0v) is 20.4. The maximum absolute atomic E-state index is 8.90. The van der Waals surface area contributed by atoms with E-state index in [1.165, 1.54) is 12.8 Å². The molecule has 1 N–H and O–H groups in total. The van der Waals surface area contributed by atoms with E-state index >= 15 is 0 Å². The van der Waals surface area contributed by atoms with Crippen molar-refractivity contribution in [3.8, 4) is 0 Å². The number of carbonyl (C=O) groups excluding carboxylic acids is 2. The van der Waals surface area contributed by atoms with Crippen molar-refractivity contribution in [2.45, 2.75) is 60.5 Å². The van der Waals surface area contributed by atoms with Crippen LogP contribution < -0.4 is 0 Å². The minimum Gasteiger partial charge on any atom is -0.390 e. The molecule has 5 heterocycles. The molecule has 0 spiro atoms. The van der Waals surface area contributed by atoms with Gasteiger partial charge in [0.05, 0.1) is 64.2 Å². The lowest BCUT2D eigenvalue weighted by atomic mass is 10.3. The molecule has 0 amide bonds. The van der Waals surface area contributed by atoms with E-state index in [4.69, 9.17) is 19.4 Å². The van der Waals surface area contributed by atoms with E-state index < -0.39 is 0 Å². The summed E-state index contributed by atoms with van der Waals surface area (Å²) >= 11 is 0. The molecule has 0 atom stereocenters. The monoisotopic (exact) mass is 468 g/mol. The zero-order valence-electron chi connectivity index (χ0n) is 20.4. The standard InChI is InChI=1S/C10H13N3.C9H11N3O.C4H8O.CO2/c1-4-9-5-10-8(3)11-7(2)6-13(10)12-9;1-6-4-12-9(7(2)10-6)3-8(5-13)11-12;1-2-4-5-3-1;2-1-3/h5-6H,4H2,1-3H3;3-4,13H,5H2,1-2H3;1-4H2;. The number of aryl methyl sites for hydroxylation is 5. The lowest BCUT2D eigenvalue weighted by Gasteiger charge is -1.98. The minimum absolute atomic E-state index is 0.0276. The summed E-state index contributed by atoms with van der Waals surface area (Å²) in [7, 11) is 0. The van der Waals surface area contributed by atoms with Crippen molar-refractivity contribution in [1.29, 1.82) is 0 Å². The Morgan fingerprint density at radius 2 is 1.32 bits per heavy atom. The summed E-state index contributed by atoms with van der Waals surface area (Å²) in [6.07, 6.45) is 7.59. The normalized spacial score (nSPS) is 12.2. The van der Waals surface area contributed by atoms with Crippen LogP contribution in [0.25, 0.3) is 11.0 Å². The maximum atomic E-state index is 8.90. The summed E-state index contributed by atoms with van der Waals surface area (Å²) in [6, 6.07) is 3.95. The van der Waals surface area contributed by atoms with E-state index in [1.807, 2.05) is 50.7 Å². The Morgan fingerprint density at radius 3 is 1.71 bits per heavy atom. The van der Waals surface area contributed by atoms with E-state index in [2.05, 4.69) is 33.2 Å². The van der Waals surface area contributed by atoms with Crippen LogP contribution in [0.4, 0.5) is 0 Å². The van der Waals surface area contributed by atoms with Crippen LogP contribution in [0.15, 0.2) is 24.5 Å². The van der Waals surface area contributed by atoms with Gasteiger partial charge in [-0.1, -0.05) is 6.92 Å². The van der Waals surface area contributed by atoms with Crippen molar-refractivity contribution >= 4 is 17.2 Å². The summed E-state index contributed by atoms with van der Waals surface area (Å²) in [4.78, 5) is 24.9. The predicted molar refractivity (Wildman–Crippen MR) is 125 cm³/mol. The fourth-order valence-corrected chi connectivity index (χ4v) is 3.44. The molecule has 5 rings (SSSR count). The molecule has 4 aromatic rings. The second-order valence-corrected chi connectivity index (χ2v) is 7.78. The average molecular weight is 469 g/mol. The Labute approximate surface area is 198 Å². The summed E-state index contributed by atoms with van der Waals surface area (Å²) in [5.74, 6) is 0. The molecule has 34 heavy (non-hydrogen) atoms. The highest BCUT2D eigenvalue weighted by Crippen LogP contribution is 2.11. The third-order valence-electron chi connectivity index (χ3n) is 4.97. The molecule has 1 aliphatic rings. The number of rotatable bonds is 2. The fraction of sp³-hybridized carbons (Fsp3) is 0.458. The maximum Gasteiger partial charge on any atom is 0.373 e. The van der Waals surface area contributed by atoms with Gasteiger partial charge in [0.15, 0.2) is 0 Å². The third kappa shape index (κ3) is 7.55. The largest absolute Gasteiger partial charge is 0.390 e. The molecule has 10 nitrogen and oxygen atoms in total. The number of hydrogen-bond acceptors (Lipinski definition) is 8. The van der Waals surface area contributed by atoms with Crippen molar-refractivity contribution in [3.63, 3.8) is 0 Å². The Kier molecular flexibility index (Phi) is 10.5. The van der Waals surface area contributed by atoms with E-state index in [1.54, 1.807) is 4.52 Å². The smallest absolute Gasteiger partial charge is 0.373 e. The van der Waals surface area contributed by atoms with Gasteiger partial charge >= 0.3 is 6.15 Å². The fourth-order valence-electron chi connectivity index (χ4n) is 3.44. The Morgan fingerprint density at radius 1 is 0.882 bits per heavy atom. The summed E-state index contributed by atoms with van der Waals surface area (Å²) < 4.78 is 8.61. The molecule has 0 radical (unpaired) electrons. The van der Waals surface area contributed by atoms with Crippen LogP contribution in [0.2, 0.25) is 0 Å². The molecule has 4 aromatic heterocycles. The Hall–Kier alpha value is -3.46. The number of aliphatic hydroxyl groups is 1. The second-order valence-electron chi connectivity index (χ2n) is 7.78. The molecule has 1 aliphatic heterocycles. The molecular formula is C24H32N6O4. The first-order valence-corrected chi connectivity index (χ1v) is 11.2. The third-order valence-corrected chi connectivity index (χ3v) is 4.97. The number of nitrogens with zero attached hydrogens (tertiary/aromatic N) is 6. The summed E-state index contributed by atoms with van der Waals surface area (Å²) in [5, 5.41) is 17.5.